The highest BCUT2D eigenvalue weighted by molar-refractivity contribution is 7.89. The molecule has 6 nitrogen and oxygen atoms in total. The molecule has 2 unspecified atom stereocenters. The lowest BCUT2D eigenvalue weighted by molar-refractivity contribution is -0.126. The SMILES string of the molecule is CC(N)c1ccc(S(=O)(=O)N2CCC(C)(C(N)=O)C2)cc1. The third-order valence-corrected chi connectivity index (χ3v) is 5.94. The summed E-state index contributed by atoms with van der Waals surface area (Å²) in [6.45, 7) is 3.96. The highest BCUT2D eigenvalue weighted by Gasteiger charge is 2.43. The smallest absolute Gasteiger partial charge is 0.243 e. The molecule has 1 aliphatic heterocycles. The van der Waals surface area contributed by atoms with Crippen LogP contribution < -0.4 is 11.5 Å². The molecule has 1 aliphatic rings. The zero-order chi connectivity index (χ0) is 15.8. The van der Waals surface area contributed by atoms with Crippen molar-refractivity contribution < 1.29 is 13.2 Å². The van der Waals surface area contributed by atoms with E-state index in [0.717, 1.165) is 5.56 Å². The number of hydrogen-bond acceptors (Lipinski definition) is 4. The van der Waals surface area contributed by atoms with Crippen LogP contribution in [0, 0.1) is 5.41 Å². The maximum atomic E-state index is 12.6. The third-order valence-electron chi connectivity index (χ3n) is 4.08. The predicted octanol–water partition coefficient (Wildman–Crippen LogP) is 0.592. The van der Waals surface area contributed by atoms with Crippen LogP contribution in [0.2, 0.25) is 0 Å². The van der Waals surface area contributed by atoms with Crippen molar-refractivity contribution in [1.29, 1.82) is 0 Å². The van der Waals surface area contributed by atoms with Gasteiger partial charge in [-0.05, 0) is 38.0 Å². The van der Waals surface area contributed by atoms with Crippen LogP contribution in [0.5, 0.6) is 0 Å². The molecular formula is C14H21N3O3S. The number of sulfonamides is 1. The van der Waals surface area contributed by atoms with E-state index in [4.69, 9.17) is 11.5 Å². The van der Waals surface area contributed by atoms with Gasteiger partial charge in [-0.1, -0.05) is 12.1 Å². The molecule has 2 atom stereocenters. The standard InChI is InChI=1S/C14H21N3O3S/c1-10(15)11-3-5-12(6-4-11)21(19,20)17-8-7-14(2,9-17)13(16)18/h3-6,10H,7-9,15H2,1-2H3,(H2,16,18). The number of rotatable bonds is 4. The maximum absolute atomic E-state index is 12.6. The van der Waals surface area contributed by atoms with Gasteiger partial charge in [0.05, 0.1) is 10.3 Å². The molecule has 21 heavy (non-hydrogen) atoms. The molecule has 0 bridgehead atoms. The molecule has 0 aromatic heterocycles. The minimum atomic E-state index is -3.60. The third kappa shape index (κ3) is 2.95. The summed E-state index contributed by atoms with van der Waals surface area (Å²) < 4.78 is 26.5. The molecule has 1 aromatic rings. The van der Waals surface area contributed by atoms with Crippen molar-refractivity contribution in [2.24, 2.45) is 16.9 Å². The van der Waals surface area contributed by atoms with Gasteiger partial charge >= 0.3 is 0 Å². The molecule has 0 saturated carbocycles. The fourth-order valence-electron chi connectivity index (χ4n) is 2.42. The van der Waals surface area contributed by atoms with Crippen LogP contribution in [0.4, 0.5) is 0 Å². The van der Waals surface area contributed by atoms with Gasteiger partial charge in [-0.25, -0.2) is 8.42 Å². The molecule has 116 valence electrons. The summed E-state index contributed by atoms with van der Waals surface area (Å²) in [4.78, 5) is 11.6. The van der Waals surface area contributed by atoms with E-state index in [1.807, 2.05) is 6.92 Å². The number of amides is 1. The summed E-state index contributed by atoms with van der Waals surface area (Å²) in [5, 5.41) is 0. The van der Waals surface area contributed by atoms with Crippen LogP contribution in [0.1, 0.15) is 31.9 Å². The number of primary amides is 1. The number of nitrogens with two attached hydrogens (primary N) is 2. The molecule has 0 radical (unpaired) electrons. The van der Waals surface area contributed by atoms with Crippen molar-refractivity contribution in [3.8, 4) is 0 Å². The second kappa shape index (κ2) is 5.40. The lowest BCUT2D eigenvalue weighted by Gasteiger charge is -2.21. The molecule has 1 aromatic carbocycles. The fraction of sp³-hybridized carbons (Fsp3) is 0.500. The molecule has 2 rings (SSSR count). The van der Waals surface area contributed by atoms with Crippen LogP contribution >= 0.6 is 0 Å². The van der Waals surface area contributed by atoms with Crippen molar-refractivity contribution in [2.75, 3.05) is 13.1 Å². The number of carbonyl (C=O) groups excluding carboxylic acids is 1. The topological polar surface area (TPSA) is 106 Å². The van der Waals surface area contributed by atoms with Crippen molar-refractivity contribution in [3.63, 3.8) is 0 Å². The average Bonchev–Trinajstić information content (AvgIpc) is 2.84. The Morgan fingerprint density at radius 3 is 2.33 bits per heavy atom. The van der Waals surface area contributed by atoms with Gasteiger partial charge in [-0.3, -0.25) is 4.79 Å². The van der Waals surface area contributed by atoms with Crippen molar-refractivity contribution in [2.45, 2.75) is 31.2 Å². The van der Waals surface area contributed by atoms with Crippen LogP contribution in [0.15, 0.2) is 29.2 Å². The molecule has 1 amide bonds. The number of hydrogen-bond donors (Lipinski definition) is 2. The largest absolute Gasteiger partial charge is 0.369 e. The first-order chi connectivity index (χ1) is 9.67. The lowest BCUT2D eigenvalue weighted by atomic mass is 9.89. The Balaban J connectivity index is 2.25. The van der Waals surface area contributed by atoms with Gasteiger partial charge in [0, 0.05) is 19.1 Å². The molecule has 0 spiro atoms. The fourth-order valence-corrected chi connectivity index (χ4v) is 3.98. The van der Waals surface area contributed by atoms with Gasteiger partial charge in [-0.15, -0.1) is 0 Å². The van der Waals surface area contributed by atoms with Gasteiger partial charge in [0.1, 0.15) is 0 Å². The summed E-state index contributed by atoms with van der Waals surface area (Å²) in [6.07, 6.45) is 0.444. The highest BCUT2D eigenvalue weighted by Crippen LogP contribution is 2.33. The molecule has 4 N–H and O–H groups in total. The van der Waals surface area contributed by atoms with E-state index in [-0.39, 0.29) is 17.5 Å². The highest BCUT2D eigenvalue weighted by atomic mass is 32.2. The minimum Gasteiger partial charge on any atom is -0.369 e. The summed E-state index contributed by atoms with van der Waals surface area (Å²) in [7, 11) is -3.60. The summed E-state index contributed by atoms with van der Waals surface area (Å²) in [5.74, 6) is -0.465. The van der Waals surface area contributed by atoms with E-state index in [0.29, 0.717) is 13.0 Å². The lowest BCUT2D eigenvalue weighted by Crippen LogP contribution is -2.38. The second-order valence-corrected chi connectivity index (χ2v) is 7.81. The van der Waals surface area contributed by atoms with Crippen LogP contribution in [0.3, 0.4) is 0 Å². The normalized spacial score (nSPS) is 24.9. The van der Waals surface area contributed by atoms with Crippen LogP contribution in [0.25, 0.3) is 0 Å². The second-order valence-electron chi connectivity index (χ2n) is 5.87. The summed E-state index contributed by atoms with van der Waals surface area (Å²) in [5.41, 5.74) is 11.2. The van der Waals surface area contributed by atoms with Gasteiger partial charge in [-0.2, -0.15) is 4.31 Å². The molecule has 7 heteroatoms. The van der Waals surface area contributed by atoms with Gasteiger partial charge in [0.2, 0.25) is 15.9 Å². The van der Waals surface area contributed by atoms with E-state index < -0.39 is 21.3 Å². The molecule has 0 aliphatic carbocycles. The minimum absolute atomic E-state index is 0.125. The quantitative estimate of drug-likeness (QED) is 0.848. The van der Waals surface area contributed by atoms with Crippen molar-refractivity contribution in [3.05, 3.63) is 29.8 Å². The predicted molar refractivity (Wildman–Crippen MR) is 79.7 cm³/mol. The Bertz CT molecular complexity index is 640. The van der Waals surface area contributed by atoms with Crippen molar-refractivity contribution in [1.82, 2.24) is 4.31 Å². The number of benzene rings is 1. The Labute approximate surface area is 125 Å². The Morgan fingerprint density at radius 1 is 1.33 bits per heavy atom. The first-order valence-corrected chi connectivity index (χ1v) is 8.26. The Kier molecular flexibility index (Phi) is 4.10. The van der Waals surface area contributed by atoms with Crippen LogP contribution in [-0.4, -0.2) is 31.7 Å². The number of carbonyl (C=O) groups is 1. The first kappa shape index (κ1) is 15.9. The van der Waals surface area contributed by atoms with Gasteiger partial charge in [0.15, 0.2) is 0 Å². The van der Waals surface area contributed by atoms with E-state index in [9.17, 15) is 13.2 Å². The monoisotopic (exact) mass is 311 g/mol. The average molecular weight is 311 g/mol. The first-order valence-electron chi connectivity index (χ1n) is 6.82. The van der Waals surface area contributed by atoms with E-state index in [2.05, 4.69) is 0 Å². The maximum Gasteiger partial charge on any atom is 0.243 e. The van der Waals surface area contributed by atoms with E-state index >= 15 is 0 Å². The zero-order valence-corrected chi connectivity index (χ0v) is 13.1. The molecule has 1 heterocycles. The van der Waals surface area contributed by atoms with Crippen LogP contribution in [-0.2, 0) is 14.8 Å². The van der Waals surface area contributed by atoms with Crippen molar-refractivity contribution >= 4 is 15.9 Å². The Hall–Kier alpha value is -1.44. The molecule has 1 fully saturated rings. The molecule has 1 saturated heterocycles. The number of nitrogens with zero attached hydrogens (tertiary/aromatic N) is 1. The summed E-state index contributed by atoms with van der Waals surface area (Å²) >= 11 is 0. The summed E-state index contributed by atoms with van der Waals surface area (Å²) in [6, 6.07) is 6.37. The van der Waals surface area contributed by atoms with E-state index in [1.165, 1.54) is 4.31 Å². The van der Waals surface area contributed by atoms with Gasteiger partial charge in [0.25, 0.3) is 0 Å². The zero-order valence-electron chi connectivity index (χ0n) is 12.2. The Morgan fingerprint density at radius 2 is 1.90 bits per heavy atom. The van der Waals surface area contributed by atoms with E-state index in [1.54, 1.807) is 31.2 Å². The molecular weight excluding hydrogens is 290 g/mol. The van der Waals surface area contributed by atoms with Gasteiger partial charge < -0.3 is 11.5 Å².